The van der Waals surface area contributed by atoms with Gasteiger partial charge >= 0.3 is 5.97 Å². The van der Waals surface area contributed by atoms with E-state index in [0.717, 1.165) is 101 Å². The molecule has 1 aromatic rings. The number of ether oxygens (including phenoxy) is 3. The maximum absolute atomic E-state index is 14.7. The van der Waals surface area contributed by atoms with Crippen LogP contribution in [0.25, 0.3) is 0 Å². The van der Waals surface area contributed by atoms with Crippen LogP contribution < -0.4 is 5.32 Å². The number of hydrogen-bond donors (Lipinski definition) is 2. The Morgan fingerprint density at radius 2 is 2.12 bits per heavy atom. The van der Waals surface area contributed by atoms with E-state index in [1.54, 1.807) is 0 Å². The molecule has 5 aliphatic rings. The Hall–Kier alpha value is -2.33. The SMILES string of the molecule is O=C(O)C(C1=CC(F)CC=C1C1CCC2(CCOCC2)CO1)N1CC[C@@H](OCCCCc2ccc3c(n2)NCCC3)C1. The molecule has 4 atom stereocenters. The van der Waals surface area contributed by atoms with Gasteiger partial charge in [0, 0.05) is 51.6 Å². The molecule has 0 bridgehead atoms. The Balaban J connectivity index is 1.00. The van der Waals surface area contributed by atoms with E-state index in [0.29, 0.717) is 31.9 Å². The summed E-state index contributed by atoms with van der Waals surface area (Å²) in [6.07, 6.45) is 12.1. The molecule has 0 saturated carbocycles. The second kappa shape index (κ2) is 13.5. The number of halogens is 1. The molecule has 3 fully saturated rings. The molecule has 4 aliphatic heterocycles. The number of unbranched alkanes of at least 4 members (excludes halogenated alkanes) is 1. The van der Waals surface area contributed by atoms with Crippen molar-refractivity contribution in [1.82, 2.24) is 9.88 Å². The van der Waals surface area contributed by atoms with Crippen molar-refractivity contribution >= 4 is 11.8 Å². The van der Waals surface area contributed by atoms with Crippen LogP contribution in [0, 0.1) is 5.41 Å². The summed E-state index contributed by atoms with van der Waals surface area (Å²) in [6, 6.07) is 3.44. The standard InChI is InChI=1S/C33H46FN3O5/c34-24-7-9-27(29-10-12-33(22-42-29)13-18-40-19-14-33)28(20-24)30(32(38)39)37-16-11-26(21-37)41-17-2-1-5-25-8-6-23-4-3-15-35-31(23)36-25/h6,8-9,20,24,26,29-30H,1-5,7,10-19,21-22H2,(H,35,36)(H,38,39)/t24?,26-,29?,30?/m1/s1. The van der Waals surface area contributed by atoms with Crippen LogP contribution in [0.5, 0.6) is 0 Å². The van der Waals surface area contributed by atoms with Gasteiger partial charge < -0.3 is 24.6 Å². The average molecular weight is 584 g/mol. The lowest BCUT2D eigenvalue weighted by molar-refractivity contribution is -0.141. The van der Waals surface area contributed by atoms with Crippen molar-refractivity contribution < 1.29 is 28.5 Å². The highest BCUT2D eigenvalue weighted by molar-refractivity contribution is 5.80. The molecule has 230 valence electrons. The molecule has 1 spiro atoms. The highest BCUT2D eigenvalue weighted by Gasteiger charge is 2.43. The third-order valence-electron chi connectivity index (χ3n) is 9.89. The zero-order valence-corrected chi connectivity index (χ0v) is 24.7. The lowest BCUT2D eigenvalue weighted by Gasteiger charge is -2.44. The normalized spacial score (nSPS) is 28.5. The molecule has 5 heterocycles. The van der Waals surface area contributed by atoms with Crippen LogP contribution >= 0.6 is 0 Å². The van der Waals surface area contributed by atoms with Gasteiger partial charge in [-0.15, -0.1) is 0 Å². The van der Waals surface area contributed by atoms with Gasteiger partial charge in [0.1, 0.15) is 18.0 Å². The van der Waals surface area contributed by atoms with E-state index < -0.39 is 18.2 Å². The van der Waals surface area contributed by atoms with Crippen LogP contribution in [-0.2, 0) is 31.8 Å². The second-order valence-corrected chi connectivity index (χ2v) is 12.8. The first-order valence-electron chi connectivity index (χ1n) is 16.1. The van der Waals surface area contributed by atoms with Crippen molar-refractivity contribution in [2.75, 3.05) is 51.4 Å². The monoisotopic (exact) mass is 583 g/mol. The number of hydrogen-bond acceptors (Lipinski definition) is 7. The van der Waals surface area contributed by atoms with Gasteiger partial charge in [-0.2, -0.15) is 0 Å². The van der Waals surface area contributed by atoms with E-state index >= 15 is 0 Å². The number of carboxylic acid groups (broad SMARTS) is 1. The van der Waals surface area contributed by atoms with Crippen molar-refractivity contribution in [2.45, 2.75) is 95.1 Å². The molecule has 1 aliphatic carbocycles. The van der Waals surface area contributed by atoms with Gasteiger partial charge in [-0.3, -0.25) is 9.69 Å². The number of fused-ring (bicyclic) bond motifs is 1. The molecule has 2 N–H and O–H groups in total. The van der Waals surface area contributed by atoms with E-state index in [9.17, 15) is 14.3 Å². The van der Waals surface area contributed by atoms with E-state index in [1.807, 2.05) is 11.0 Å². The molecule has 3 unspecified atom stereocenters. The first-order chi connectivity index (χ1) is 20.5. The summed E-state index contributed by atoms with van der Waals surface area (Å²) in [5.41, 5.74) is 4.02. The highest BCUT2D eigenvalue weighted by atomic mass is 19.1. The number of aromatic nitrogens is 1. The number of pyridine rings is 1. The first-order valence-corrected chi connectivity index (χ1v) is 16.1. The van der Waals surface area contributed by atoms with Crippen LogP contribution in [0.2, 0.25) is 0 Å². The van der Waals surface area contributed by atoms with Crippen LogP contribution in [-0.4, -0.2) is 91.4 Å². The fourth-order valence-corrected chi connectivity index (χ4v) is 7.37. The summed E-state index contributed by atoms with van der Waals surface area (Å²) in [5.74, 6) is 0.100. The molecule has 6 rings (SSSR count). The van der Waals surface area contributed by atoms with Gasteiger partial charge in [-0.25, -0.2) is 9.37 Å². The van der Waals surface area contributed by atoms with Crippen LogP contribution in [0.1, 0.15) is 69.0 Å². The fourth-order valence-electron chi connectivity index (χ4n) is 7.37. The quantitative estimate of drug-likeness (QED) is 0.377. The van der Waals surface area contributed by atoms with Crippen molar-refractivity contribution in [3.8, 4) is 0 Å². The van der Waals surface area contributed by atoms with Gasteiger partial charge in [0.05, 0.1) is 18.8 Å². The van der Waals surface area contributed by atoms with Crippen molar-refractivity contribution in [3.05, 3.63) is 46.7 Å². The summed E-state index contributed by atoms with van der Waals surface area (Å²) >= 11 is 0. The molecule has 9 heteroatoms. The minimum atomic E-state index is -1.17. The molecular weight excluding hydrogens is 537 g/mol. The molecule has 0 aromatic carbocycles. The number of carboxylic acids is 1. The van der Waals surface area contributed by atoms with Crippen LogP contribution in [0.3, 0.4) is 0 Å². The van der Waals surface area contributed by atoms with Gasteiger partial charge in [-0.1, -0.05) is 12.1 Å². The summed E-state index contributed by atoms with van der Waals surface area (Å²) in [7, 11) is 0. The van der Waals surface area contributed by atoms with Gasteiger partial charge in [0.15, 0.2) is 0 Å². The second-order valence-electron chi connectivity index (χ2n) is 12.8. The van der Waals surface area contributed by atoms with E-state index in [2.05, 4.69) is 17.4 Å². The number of aryl methyl sites for hydroxylation is 2. The number of nitrogens with one attached hydrogen (secondary N) is 1. The van der Waals surface area contributed by atoms with Crippen LogP contribution in [0.15, 0.2) is 35.4 Å². The molecule has 8 nitrogen and oxygen atoms in total. The Morgan fingerprint density at radius 3 is 2.93 bits per heavy atom. The van der Waals surface area contributed by atoms with E-state index in [1.165, 1.54) is 11.6 Å². The zero-order valence-electron chi connectivity index (χ0n) is 24.7. The number of rotatable bonds is 10. The number of alkyl halides is 1. The smallest absolute Gasteiger partial charge is 0.325 e. The van der Waals surface area contributed by atoms with Gasteiger partial charge in [0.2, 0.25) is 0 Å². The molecular formula is C33H46FN3O5. The summed E-state index contributed by atoms with van der Waals surface area (Å²) < 4.78 is 32.8. The van der Waals surface area contributed by atoms with Gasteiger partial charge in [0.25, 0.3) is 0 Å². The van der Waals surface area contributed by atoms with Crippen LogP contribution in [0.4, 0.5) is 10.2 Å². The predicted molar refractivity (Wildman–Crippen MR) is 158 cm³/mol. The zero-order chi connectivity index (χ0) is 28.9. The highest BCUT2D eigenvalue weighted by Crippen LogP contribution is 2.43. The molecule has 42 heavy (non-hydrogen) atoms. The maximum atomic E-state index is 14.7. The Kier molecular flexibility index (Phi) is 9.58. The number of anilines is 1. The van der Waals surface area contributed by atoms with Crippen molar-refractivity contribution in [3.63, 3.8) is 0 Å². The lowest BCUT2D eigenvalue weighted by atomic mass is 9.73. The largest absolute Gasteiger partial charge is 0.480 e. The summed E-state index contributed by atoms with van der Waals surface area (Å²) in [6.45, 7) is 4.98. The Morgan fingerprint density at radius 1 is 1.24 bits per heavy atom. The molecule has 0 radical (unpaired) electrons. The molecule has 0 amide bonds. The minimum absolute atomic E-state index is 0.0185. The topological polar surface area (TPSA) is 93.2 Å². The molecule has 3 saturated heterocycles. The van der Waals surface area contributed by atoms with Crippen molar-refractivity contribution in [1.29, 1.82) is 0 Å². The van der Waals surface area contributed by atoms with Crippen molar-refractivity contribution in [2.24, 2.45) is 5.41 Å². The maximum Gasteiger partial charge on any atom is 0.325 e. The fraction of sp³-hybridized carbons (Fsp3) is 0.697. The van der Waals surface area contributed by atoms with E-state index in [-0.39, 0.29) is 24.0 Å². The predicted octanol–water partition coefficient (Wildman–Crippen LogP) is 4.88. The molecule has 1 aromatic heterocycles. The summed E-state index contributed by atoms with van der Waals surface area (Å²) in [4.78, 5) is 19.4. The summed E-state index contributed by atoms with van der Waals surface area (Å²) in [5, 5.41) is 13.8. The van der Waals surface area contributed by atoms with E-state index in [4.69, 9.17) is 19.2 Å². The number of likely N-dealkylation sites (tertiary alicyclic amines) is 1. The first kappa shape index (κ1) is 29.7. The number of carbonyl (C=O) groups is 1. The third kappa shape index (κ3) is 6.90. The lowest BCUT2D eigenvalue weighted by Crippen LogP contribution is -2.46. The third-order valence-corrected chi connectivity index (χ3v) is 9.89. The number of aliphatic carboxylic acids is 1. The van der Waals surface area contributed by atoms with Gasteiger partial charge in [-0.05, 0) is 98.5 Å². The number of allylic oxidation sites excluding steroid dienone is 2. The number of nitrogens with zero attached hydrogens (tertiary/aromatic N) is 2. The Labute approximate surface area is 248 Å². The Bertz CT molecular complexity index is 1160. The average Bonchev–Trinajstić information content (AvgIpc) is 3.46. The minimum Gasteiger partial charge on any atom is -0.480 e.